The fourth-order valence-corrected chi connectivity index (χ4v) is 3.46. The number of nitrogens with zero attached hydrogens (tertiary/aromatic N) is 1. The Kier molecular flexibility index (Phi) is 3.41. The molecule has 2 atom stereocenters. The first kappa shape index (κ1) is 13.2. The quantitative estimate of drug-likeness (QED) is 0.776. The SMILES string of the molecule is C[C@@H]1CCCC[C@]12NC(=S)N(c1ccc(Cl)cc1)N2. The minimum atomic E-state index is -0.0744. The third kappa shape index (κ3) is 2.33. The van der Waals surface area contributed by atoms with Gasteiger partial charge in [-0.05, 0) is 61.7 Å². The summed E-state index contributed by atoms with van der Waals surface area (Å²) in [5, 5.41) is 6.95. The third-order valence-corrected chi connectivity index (χ3v) is 4.77. The largest absolute Gasteiger partial charge is 0.341 e. The average molecular weight is 296 g/mol. The average Bonchev–Trinajstić information content (AvgIpc) is 2.73. The Bertz CT molecular complexity index is 490. The van der Waals surface area contributed by atoms with Crippen LogP contribution in [-0.2, 0) is 0 Å². The number of halogens is 1. The first-order valence-electron chi connectivity index (χ1n) is 6.76. The van der Waals surface area contributed by atoms with Crippen molar-refractivity contribution in [3.05, 3.63) is 29.3 Å². The van der Waals surface area contributed by atoms with E-state index in [4.69, 9.17) is 23.8 Å². The van der Waals surface area contributed by atoms with Crippen LogP contribution < -0.4 is 15.8 Å². The van der Waals surface area contributed by atoms with Gasteiger partial charge in [-0.15, -0.1) is 0 Å². The van der Waals surface area contributed by atoms with E-state index in [1.807, 2.05) is 29.3 Å². The summed E-state index contributed by atoms with van der Waals surface area (Å²) in [5.74, 6) is 0.566. The zero-order chi connectivity index (χ0) is 13.5. The van der Waals surface area contributed by atoms with Crippen molar-refractivity contribution in [3.8, 4) is 0 Å². The molecule has 1 saturated heterocycles. The molecule has 1 spiro atoms. The second-order valence-electron chi connectivity index (χ2n) is 5.47. The number of rotatable bonds is 1. The molecule has 1 heterocycles. The van der Waals surface area contributed by atoms with E-state index in [-0.39, 0.29) is 5.66 Å². The molecule has 0 aromatic heterocycles. The number of hydrazine groups is 1. The number of nitrogens with one attached hydrogen (secondary N) is 2. The fraction of sp³-hybridized carbons (Fsp3) is 0.500. The van der Waals surface area contributed by atoms with Gasteiger partial charge in [0.1, 0.15) is 5.66 Å². The van der Waals surface area contributed by atoms with Gasteiger partial charge in [-0.25, -0.2) is 5.43 Å². The van der Waals surface area contributed by atoms with E-state index < -0.39 is 0 Å². The lowest BCUT2D eigenvalue weighted by Gasteiger charge is -2.39. The Labute approximate surface area is 124 Å². The van der Waals surface area contributed by atoms with Crippen LogP contribution >= 0.6 is 23.8 Å². The minimum Gasteiger partial charge on any atom is -0.341 e. The van der Waals surface area contributed by atoms with Crippen LogP contribution in [0.15, 0.2) is 24.3 Å². The van der Waals surface area contributed by atoms with Gasteiger partial charge < -0.3 is 5.32 Å². The van der Waals surface area contributed by atoms with E-state index in [0.717, 1.165) is 22.2 Å². The second kappa shape index (κ2) is 4.93. The molecular weight excluding hydrogens is 278 g/mol. The highest BCUT2D eigenvalue weighted by atomic mass is 35.5. The first-order valence-corrected chi connectivity index (χ1v) is 7.55. The maximum absolute atomic E-state index is 5.93. The van der Waals surface area contributed by atoms with Gasteiger partial charge in [0.15, 0.2) is 5.11 Å². The number of thiocarbonyl (C=S) groups is 1. The summed E-state index contributed by atoms with van der Waals surface area (Å²) < 4.78 is 0. The summed E-state index contributed by atoms with van der Waals surface area (Å²) in [5.41, 5.74) is 4.53. The zero-order valence-corrected chi connectivity index (χ0v) is 12.5. The molecule has 3 rings (SSSR count). The molecule has 1 saturated carbocycles. The molecule has 5 heteroatoms. The highest BCUT2D eigenvalue weighted by Gasteiger charge is 2.45. The topological polar surface area (TPSA) is 27.3 Å². The molecule has 2 N–H and O–H groups in total. The molecule has 1 aromatic carbocycles. The molecule has 1 aliphatic heterocycles. The molecule has 3 nitrogen and oxygen atoms in total. The van der Waals surface area contributed by atoms with Gasteiger partial charge >= 0.3 is 0 Å². The number of hydrogen-bond donors (Lipinski definition) is 2. The molecular formula is C14H18ClN3S. The standard InChI is InChI=1S/C14H18ClN3S/c1-10-4-2-3-9-14(10)16-13(19)18(17-14)12-7-5-11(15)6-8-12/h5-8,10,17H,2-4,9H2,1H3,(H,16,19)/t10-,14-/m1/s1. The lowest BCUT2D eigenvalue weighted by molar-refractivity contribution is 0.158. The molecule has 19 heavy (non-hydrogen) atoms. The molecule has 102 valence electrons. The normalized spacial score (nSPS) is 30.7. The van der Waals surface area contributed by atoms with Crippen molar-refractivity contribution in [2.45, 2.75) is 38.3 Å². The summed E-state index contributed by atoms with van der Waals surface area (Å²) >= 11 is 11.4. The van der Waals surface area contributed by atoms with Crippen molar-refractivity contribution in [1.82, 2.24) is 10.7 Å². The van der Waals surface area contributed by atoms with Gasteiger partial charge in [0.05, 0.1) is 5.69 Å². The smallest absolute Gasteiger partial charge is 0.189 e. The van der Waals surface area contributed by atoms with E-state index in [9.17, 15) is 0 Å². The van der Waals surface area contributed by atoms with Crippen molar-refractivity contribution in [3.63, 3.8) is 0 Å². The van der Waals surface area contributed by atoms with Crippen LogP contribution in [0.4, 0.5) is 5.69 Å². The second-order valence-corrected chi connectivity index (χ2v) is 6.30. The highest BCUT2D eigenvalue weighted by molar-refractivity contribution is 7.80. The maximum atomic E-state index is 5.93. The van der Waals surface area contributed by atoms with Gasteiger partial charge in [-0.3, -0.25) is 5.01 Å². The number of hydrogen-bond acceptors (Lipinski definition) is 2. The van der Waals surface area contributed by atoms with Crippen molar-refractivity contribution in [1.29, 1.82) is 0 Å². The van der Waals surface area contributed by atoms with Crippen LogP contribution in [0.1, 0.15) is 32.6 Å². The Morgan fingerprint density at radius 2 is 2.05 bits per heavy atom. The summed E-state index contributed by atoms with van der Waals surface area (Å²) in [7, 11) is 0. The van der Waals surface area contributed by atoms with Crippen molar-refractivity contribution in [2.75, 3.05) is 5.01 Å². The summed E-state index contributed by atoms with van der Waals surface area (Å²) in [4.78, 5) is 0. The summed E-state index contributed by atoms with van der Waals surface area (Å²) in [6, 6.07) is 7.73. The Morgan fingerprint density at radius 3 is 2.74 bits per heavy atom. The van der Waals surface area contributed by atoms with Gasteiger partial charge in [0, 0.05) is 5.02 Å². The third-order valence-electron chi connectivity index (χ3n) is 4.23. The summed E-state index contributed by atoms with van der Waals surface area (Å²) in [6.45, 7) is 2.28. The minimum absolute atomic E-state index is 0.0744. The Morgan fingerprint density at radius 1 is 1.32 bits per heavy atom. The van der Waals surface area contributed by atoms with E-state index in [1.54, 1.807) is 0 Å². The van der Waals surface area contributed by atoms with Crippen LogP contribution in [0.5, 0.6) is 0 Å². The molecule has 0 bridgehead atoms. The van der Waals surface area contributed by atoms with Crippen LogP contribution in [0.2, 0.25) is 5.02 Å². The molecule has 1 aromatic rings. The predicted octanol–water partition coefficient (Wildman–Crippen LogP) is 3.45. The molecule has 0 amide bonds. The van der Waals surface area contributed by atoms with E-state index in [0.29, 0.717) is 5.92 Å². The molecule has 2 fully saturated rings. The van der Waals surface area contributed by atoms with Crippen molar-refractivity contribution < 1.29 is 0 Å². The highest BCUT2D eigenvalue weighted by Crippen LogP contribution is 2.35. The number of anilines is 1. The Hall–Kier alpha value is -0.840. The van der Waals surface area contributed by atoms with Crippen LogP contribution in [0, 0.1) is 5.92 Å². The Balaban J connectivity index is 1.85. The first-order chi connectivity index (χ1) is 9.11. The van der Waals surface area contributed by atoms with Gasteiger partial charge in [-0.2, -0.15) is 0 Å². The molecule has 0 radical (unpaired) electrons. The lowest BCUT2D eigenvalue weighted by atomic mass is 9.81. The lowest BCUT2D eigenvalue weighted by Crippen LogP contribution is -2.57. The van der Waals surface area contributed by atoms with Gasteiger partial charge in [-0.1, -0.05) is 24.9 Å². The summed E-state index contributed by atoms with van der Waals surface area (Å²) in [6.07, 6.45) is 4.89. The van der Waals surface area contributed by atoms with Crippen molar-refractivity contribution in [2.24, 2.45) is 5.92 Å². The van der Waals surface area contributed by atoms with Gasteiger partial charge in [0.25, 0.3) is 0 Å². The zero-order valence-electron chi connectivity index (χ0n) is 10.9. The molecule has 0 unspecified atom stereocenters. The maximum Gasteiger partial charge on any atom is 0.189 e. The predicted molar refractivity (Wildman–Crippen MR) is 83.2 cm³/mol. The monoisotopic (exact) mass is 295 g/mol. The van der Waals surface area contributed by atoms with E-state index >= 15 is 0 Å². The fourth-order valence-electron chi connectivity index (χ4n) is 3.00. The van der Waals surface area contributed by atoms with Crippen LogP contribution in [0.25, 0.3) is 0 Å². The van der Waals surface area contributed by atoms with Gasteiger partial charge in [0.2, 0.25) is 0 Å². The van der Waals surface area contributed by atoms with E-state index in [1.165, 1.54) is 19.3 Å². The molecule has 1 aliphatic carbocycles. The van der Waals surface area contributed by atoms with Crippen molar-refractivity contribution >= 4 is 34.6 Å². The van der Waals surface area contributed by atoms with Crippen LogP contribution in [-0.4, -0.2) is 10.8 Å². The molecule has 2 aliphatic rings. The van der Waals surface area contributed by atoms with E-state index in [2.05, 4.69) is 17.7 Å². The van der Waals surface area contributed by atoms with Crippen LogP contribution in [0.3, 0.4) is 0 Å². The number of benzene rings is 1.